The summed E-state index contributed by atoms with van der Waals surface area (Å²) in [7, 11) is 0. The Kier molecular flexibility index (Phi) is 2.93. The summed E-state index contributed by atoms with van der Waals surface area (Å²) in [6.45, 7) is 1.94. The van der Waals surface area contributed by atoms with Crippen molar-refractivity contribution in [3.05, 3.63) is 39.2 Å². The summed E-state index contributed by atoms with van der Waals surface area (Å²) in [5.41, 5.74) is 1.75. The van der Waals surface area contributed by atoms with E-state index >= 15 is 0 Å². The summed E-state index contributed by atoms with van der Waals surface area (Å²) >= 11 is 8.49. The standard InChI is InChI=1S/C10H8BrN3S/c1-6-8(11)10(15)14-9(13-6)7-4-2-3-5-12-7/h2-5H,1H3,(H,13,14,15). The van der Waals surface area contributed by atoms with Crippen molar-refractivity contribution < 1.29 is 0 Å². The number of nitrogens with one attached hydrogen (secondary N) is 1. The number of H-pyrrole nitrogens is 1. The zero-order valence-corrected chi connectivity index (χ0v) is 10.4. The maximum Gasteiger partial charge on any atom is 0.157 e. The van der Waals surface area contributed by atoms with Crippen LogP contribution in [0.15, 0.2) is 28.9 Å². The molecule has 0 saturated carbocycles. The molecule has 0 bridgehead atoms. The molecule has 2 rings (SSSR count). The molecule has 0 aliphatic heterocycles. The average Bonchev–Trinajstić information content (AvgIpc) is 2.26. The second-order valence-electron chi connectivity index (χ2n) is 3.04. The molecule has 0 unspecified atom stereocenters. The Balaban J connectivity index is 2.61. The van der Waals surface area contributed by atoms with Crippen LogP contribution in [0.25, 0.3) is 11.5 Å². The molecule has 0 aromatic carbocycles. The molecule has 0 aliphatic rings. The van der Waals surface area contributed by atoms with E-state index in [9.17, 15) is 0 Å². The minimum atomic E-state index is 0.548. The number of nitrogens with zero attached hydrogens (tertiary/aromatic N) is 2. The van der Waals surface area contributed by atoms with E-state index in [0.29, 0.717) is 10.5 Å². The van der Waals surface area contributed by atoms with Crippen molar-refractivity contribution in [3.8, 4) is 11.5 Å². The van der Waals surface area contributed by atoms with Gasteiger partial charge in [-0.2, -0.15) is 0 Å². The molecule has 0 spiro atoms. The van der Waals surface area contributed by atoms with Crippen LogP contribution in [0.5, 0.6) is 0 Å². The van der Waals surface area contributed by atoms with Crippen LogP contribution in [0.1, 0.15) is 5.69 Å². The molecule has 0 atom stereocenters. The van der Waals surface area contributed by atoms with Gasteiger partial charge in [-0.1, -0.05) is 18.3 Å². The first-order valence-electron chi connectivity index (χ1n) is 4.36. The van der Waals surface area contributed by atoms with Gasteiger partial charge in [0.25, 0.3) is 0 Å². The Bertz CT molecular complexity index is 536. The van der Waals surface area contributed by atoms with E-state index in [-0.39, 0.29) is 0 Å². The summed E-state index contributed by atoms with van der Waals surface area (Å²) in [6, 6.07) is 5.67. The van der Waals surface area contributed by atoms with Gasteiger partial charge in [-0.25, -0.2) is 4.98 Å². The van der Waals surface area contributed by atoms with Gasteiger partial charge < -0.3 is 4.98 Å². The molecule has 1 N–H and O–H groups in total. The van der Waals surface area contributed by atoms with Gasteiger partial charge in [0.1, 0.15) is 10.3 Å². The van der Waals surface area contributed by atoms with Crippen molar-refractivity contribution in [1.29, 1.82) is 0 Å². The lowest BCUT2D eigenvalue weighted by molar-refractivity contribution is 1.06. The first kappa shape index (κ1) is 10.4. The SMILES string of the molecule is Cc1[nH]c(-c2ccccn2)nc(=S)c1Br. The van der Waals surface area contributed by atoms with E-state index in [0.717, 1.165) is 15.9 Å². The van der Waals surface area contributed by atoms with E-state index in [1.807, 2.05) is 25.1 Å². The van der Waals surface area contributed by atoms with Gasteiger partial charge in [0.2, 0.25) is 0 Å². The van der Waals surface area contributed by atoms with Gasteiger partial charge in [-0.15, -0.1) is 0 Å². The average molecular weight is 282 g/mol. The van der Waals surface area contributed by atoms with Crippen LogP contribution in [-0.4, -0.2) is 15.0 Å². The molecule has 15 heavy (non-hydrogen) atoms. The van der Waals surface area contributed by atoms with Crippen LogP contribution < -0.4 is 0 Å². The van der Waals surface area contributed by atoms with Gasteiger partial charge in [-0.3, -0.25) is 4.98 Å². The molecule has 2 aromatic heterocycles. The van der Waals surface area contributed by atoms with E-state index in [1.54, 1.807) is 6.20 Å². The predicted octanol–water partition coefficient (Wildman–Crippen LogP) is 3.27. The Labute approximate surface area is 101 Å². The maximum atomic E-state index is 5.12. The second-order valence-corrected chi connectivity index (χ2v) is 4.22. The molecule has 0 amide bonds. The summed E-state index contributed by atoms with van der Waals surface area (Å²) in [6.07, 6.45) is 1.73. The number of aromatic nitrogens is 3. The van der Waals surface area contributed by atoms with Crippen molar-refractivity contribution in [3.63, 3.8) is 0 Å². The van der Waals surface area contributed by atoms with Gasteiger partial charge in [0.05, 0.1) is 4.47 Å². The van der Waals surface area contributed by atoms with E-state index in [1.165, 1.54) is 0 Å². The highest BCUT2D eigenvalue weighted by atomic mass is 79.9. The van der Waals surface area contributed by atoms with E-state index in [4.69, 9.17) is 12.2 Å². The highest BCUT2D eigenvalue weighted by Gasteiger charge is 2.04. The molecule has 0 aliphatic carbocycles. The van der Waals surface area contributed by atoms with Crippen molar-refractivity contribution >= 4 is 28.1 Å². The van der Waals surface area contributed by atoms with Crippen LogP contribution in [0.2, 0.25) is 0 Å². The van der Waals surface area contributed by atoms with Crippen LogP contribution in [0.4, 0.5) is 0 Å². The van der Waals surface area contributed by atoms with Crippen LogP contribution in [-0.2, 0) is 0 Å². The highest BCUT2D eigenvalue weighted by Crippen LogP contribution is 2.18. The Morgan fingerprint density at radius 2 is 2.20 bits per heavy atom. The Morgan fingerprint density at radius 1 is 1.40 bits per heavy atom. The van der Waals surface area contributed by atoms with Crippen molar-refractivity contribution in [1.82, 2.24) is 15.0 Å². The van der Waals surface area contributed by atoms with E-state index in [2.05, 4.69) is 30.9 Å². The number of aryl methyl sites for hydroxylation is 1. The second kappa shape index (κ2) is 4.20. The van der Waals surface area contributed by atoms with Crippen molar-refractivity contribution in [2.75, 3.05) is 0 Å². The van der Waals surface area contributed by atoms with Crippen molar-refractivity contribution in [2.45, 2.75) is 6.92 Å². The maximum absolute atomic E-state index is 5.12. The lowest BCUT2D eigenvalue weighted by atomic mass is 10.3. The Hall–Kier alpha value is -1.07. The van der Waals surface area contributed by atoms with Crippen LogP contribution in [0, 0.1) is 11.6 Å². The van der Waals surface area contributed by atoms with E-state index < -0.39 is 0 Å². The van der Waals surface area contributed by atoms with Gasteiger partial charge in [0, 0.05) is 11.9 Å². The third-order valence-corrected chi connectivity index (χ3v) is 3.47. The number of halogens is 1. The zero-order chi connectivity index (χ0) is 10.8. The molecule has 2 heterocycles. The number of aromatic amines is 1. The summed E-state index contributed by atoms with van der Waals surface area (Å²) in [5.74, 6) is 0.696. The predicted molar refractivity (Wildman–Crippen MR) is 65.1 cm³/mol. The first-order chi connectivity index (χ1) is 7.18. The number of rotatable bonds is 1. The lowest BCUT2D eigenvalue weighted by Crippen LogP contribution is -1.95. The molecule has 5 heteroatoms. The monoisotopic (exact) mass is 281 g/mol. The normalized spacial score (nSPS) is 10.3. The first-order valence-corrected chi connectivity index (χ1v) is 5.56. The summed E-state index contributed by atoms with van der Waals surface area (Å²) in [5, 5.41) is 0. The molecule has 76 valence electrons. The third kappa shape index (κ3) is 2.13. The fourth-order valence-electron chi connectivity index (χ4n) is 1.20. The highest BCUT2D eigenvalue weighted by molar-refractivity contribution is 9.10. The fraction of sp³-hybridized carbons (Fsp3) is 0.100. The Morgan fingerprint density at radius 3 is 2.80 bits per heavy atom. The van der Waals surface area contributed by atoms with Crippen molar-refractivity contribution in [2.24, 2.45) is 0 Å². The molecule has 3 nitrogen and oxygen atoms in total. The van der Waals surface area contributed by atoms with Gasteiger partial charge in [0.15, 0.2) is 5.82 Å². The fourth-order valence-corrected chi connectivity index (χ4v) is 1.63. The topological polar surface area (TPSA) is 41.6 Å². The van der Waals surface area contributed by atoms with Crippen LogP contribution in [0.3, 0.4) is 0 Å². The molecule has 0 fully saturated rings. The molecular weight excluding hydrogens is 274 g/mol. The van der Waals surface area contributed by atoms with Gasteiger partial charge >= 0.3 is 0 Å². The third-order valence-electron chi connectivity index (χ3n) is 1.94. The number of hydrogen-bond donors (Lipinski definition) is 1. The quantitative estimate of drug-likeness (QED) is 0.816. The summed E-state index contributed by atoms with van der Waals surface area (Å²) in [4.78, 5) is 11.6. The lowest BCUT2D eigenvalue weighted by Gasteiger charge is -2.03. The zero-order valence-electron chi connectivity index (χ0n) is 7.99. The largest absolute Gasteiger partial charge is 0.341 e. The molecule has 0 radical (unpaired) electrons. The van der Waals surface area contributed by atoms with Gasteiger partial charge in [-0.05, 0) is 35.0 Å². The number of hydrogen-bond acceptors (Lipinski definition) is 3. The molecule has 2 aromatic rings. The van der Waals surface area contributed by atoms with Crippen LogP contribution >= 0.6 is 28.1 Å². The number of pyridine rings is 1. The molecular formula is C10H8BrN3S. The smallest absolute Gasteiger partial charge is 0.157 e. The summed E-state index contributed by atoms with van der Waals surface area (Å²) < 4.78 is 1.38. The molecule has 0 saturated heterocycles. The minimum Gasteiger partial charge on any atom is -0.341 e. The minimum absolute atomic E-state index is 0.548.